The van der Waals surface area contributed by atoms with Gasteiger partial charge >= 0.3 is 0 Å². The van der Waals surface area contributed by atoms with Gasteiger partial charge in [0.25, 0.3) is 0 Å². The van der Waals surface area contributed by atoms with E-state index in [2.05, 4.69) is 12.0 Å². The van der Waals surface area contributed by atoms with Crippen LogP contribution in [0, 0.1) is 6.92 Å². The molecule has 1 N–H and O–H groups in total. The summed E-state index contributed by atoms with van der Waals surface area (Å²) in [4.78, 5) is 0. The molecule has 0 aliphatic rings. The van der Waals surface area contributed by atoms with Gasteiger partial charge in [0.05, 0.1) is 5.69 Å². The second-order valence-corrected chi connectivity index (χ2v) is 4.24. The molecule has 0 aliphatic carbocycles. The van der Waals surface area contributed by atoms with E-state index in [1.807, 2.05) is 37.3 Å². The van der Waals surface area contributed by atoms with Gasteiger partial charge < -0.3 is 5.11 Å². The number of hydrogen-bond acceptors (Lipinski definition) is 2. The van der Waals surface area contributed by atoms with E-state index in [-0.39, 0.29) is 5.88 Å². The summed E-state index contributed by atoms with van der Waals surface area (Å²) in [6.07, 6.45) is 2.13. The summed E-state index contributed by atoms with van der Waals surface area (Å²) in [6, 6.07) is 9.97. The third kappa shape index (κ3) is 2.33. The molecule has 0 aliphatic heterocycles. The molecule has 0 atom stereocenters. The number of hydrogen-bond donors (Lipinski definition) is 1. The molecule has 0 bridgehead atoms. The first-order valence-corrected chi connectivity index (χ1v) is 6.05. The first-order chi connectivity index (χ1) is 8.24. The highest BCUT2D eigenvalue weighted by atomic mass is 16.3. The molecule has 0 radical (unpaired) electrons. The van der Waals surface area contributed by atoms with Gasteiger partial charge in [0.15, 0.2) is 0 Å². The molecule has 0 spiro atoms. The van der Waals surface area contributed by atoms with Crippen molar-refractivity contribution >= 4 is 0 Å². The van der Waals surface area contributed by atoms with Crippen molar-refractivity contribution in [3.8, 4) is 17.1 Å². The Morgan fingerprint density at radius 2 is 1.94 bits per heavy atom. The van der Waals surface area contributed by atoms with Gasteiger partial charge in [-0.2, -0.15) is 5.10 Å². The third-order valence-corrected chi connectivity index (χ3v) is 2.93. The standard InChI is InChI=1S/C14H18N2O/c1-3-4-10-16-14(17)11(2)13(15-16)12-8-6-5-7-9-12/h5-9,17H,3-4,10H2,1-2H3. The Bertz CT molecular complexity index is 488. The minimum Gasteiger partial charge on any atom is -0.493 e. The van der Waals surface area contributed by atoms with Crippen molar-refractivity contribution in [1.29, 1.82) is 0 Å². The lowest BCUT2D eigenvalue weighted by Crippen LogP contribution is -1.99. The van der Waals surface area contributed by atoms with Crippen LogP contribution in [0.15, 0.2) is 30.3 Å². The second kappa shape index (κ2) is 5.04. The molecule has 90 valence electrons. The Hall–Kier alpha value is -1.77. The number of aromatic nitrogens is 2. The minimum atomic E-state index is 0.289. The molecule has 0 unspecified atom stereocenters. The molecule has 1 aromatic carbocycles. The summed E-state index contributed by atoms with van der Waals surface area (Å²) in [5.74, 6) is 0.289. The third-order valence-electron chi connectivity index (χ3n) is 2.93. The lowest BCUT2D eigenvalue weighted by molar-refractivity contribution is 0.391. The van der Waals surface area contributed by atoms with Gasteiger partial charge in [-0.3, -0.25) is 0 Å². The van der Waals surface area contributed by atoms with E-state index >= 15 is 0 Å². The van der Waals surface area contributed by atoms with Crippen LogP contribution < -0.4 is 0 Å². The second-order valence-electron chi connectivity index (χ2n) is 4.24. The maximum atomic E-state index is 10.0. The topological polar surface area (TPSA) is 38.0 Å². The molecule has 0 amide bonds. The predicted molar refractivity (Wildman–Crippen MR) is 69.0 cm³/mol. The highest BCUT2D eigenvalue weighted by Gasteiger charge is 2.14. The van der Waals surface area contributed by atoms with Crippen molar-refractivity contribution in [1.82, 2.24) is 9.78 Å². The predicted octanol–water partition coefficient (Wildman–Crippen LogP) is 3.36. The summed E-state index contributed by atoms with van der Waals surface area (Å²) in [5.41, 5.74) is 2.78. The highest BCUT2D eigenvalue weighted by Crippen LogP contribution is 2.28. The maximum Gasteiger partial charge on any atom is 0.212 e. The van der Waals surface area contributed by atoms with Crippen LogP contribution in [0.3, 0.4) is 0 Å². The lowest BCUT2D eigenvalue weighted by Gasteiger charge is -2.00. The number of aryl methyl sites for hydroxylation is 1. The molecule has 2 rings (SSSR count). The number of aromatic hydroxyl groups is 1. The summed E-state index contributed by atoms with van der Waals surface area (Å²) < 4.78 is 1.70. The Kier molecular flexibility index (Phi) is 3.47. The van der Waals surface area contributed by atoms with Gasteiger partial charge in [0, 0.05) is 17.7 Å². The summed E-state index contributed by atoms with van der Waals surface area (Å²) in [7, 11) is 0. The van der Waals surface area contributed by atoms with Gasteiger partial charge in [-0.15, -0.1) is 0 Å². The lowest BCUT2D eigenvalue weighted by atomic mass is 10.1. The SMILES string of the molecule is CCCCn1nc(-c2ccccc2)c(C)c1O. The summed E-state index contributed by atoms with van der Waals surface area (Å²) >= 11 is 0. The van der Waals surface area contributed by atoms with Crippen LogP contribution in [-0.2, 0) is 6.54 Å². The van der Waals surface area contributed by atoms with Crippen molar-refractivity contribution < 1.29 is 5.11 Å². The summed E-state index contributed by atoms with van der Waals surface area (Å²) in [5, 5.41) is 14.5. The van der Waals surface area contributed by atoms with Gasteiger partial charge in [0.2, 0.25) is 5.88 Å². The van der Waals surface area contributed by atoms with E-state index in [0.29, 0.717) is 0 Å². The van der Waals surface area contributed by atoms with Crippen molar-refractivity contribution in [3.63, 3.8) is 0 Å². The quantitative estimate of drug-likeness (QED) is 0.874. The Balaban J connectivity index is 2.36. The molecular weight excluding hydrogens is 212 g/mol. The molecule has 0 saturated heterocycles. The fourth-order valence-electron chi connectivity index (χ4n) is 1.88. The van der Waals surface area contributed by atoms with Crippen LogP contribution >= 0.6 is 0 Å². The van der Waals surface area contributed by atoms with Crippen LogP contribution in [0.25, 0.3) is 11.3 Å². The zero-order chi connectivity index (χ0) is 12.3. The zero-order valence-corrected chi connectivity index (χ0v) is 10.3. The monoisotopic (exact) mass is 230 g/mol. The minimum absolute atomic E-state index is 0.289. The molecule has 1 aromatic heterocycles. The van der Waals surface area contributed by atoms with Crippen molar-refractivity contribution in [3.05, 3.63) is 35.9 Å². The normalized spacial score (nSPS) is 10.7. The van der Waals surface area contributed by atoms with Crippen LogP contribution in [0.2, 0.25) is 0 Å². The Morgan fingerprint density at radius 1 is 1.24 bits per heavy atom. The smallest absolute Gasteiger partial charge is 0.212 e. The maximum absolute atomic E-state index is 10.0. The first-order valence-electron chi connectivity index (χ1n) is 6.05. The van der Waals surface area contributed by atoms with Crippen molar-refractivity contribution in [2.45, 2.75) is 33.2 Å². The molecule has 0 fully saturated rings. The molecular formula is C14H18N2O. The first kappa shape index (κ1) is 11.7. The number of nitrogens with zero attached hydrogens (tertiary/aromatic N) is 2. The number of rotatable bonds is 4. The average molecular weight is 230 g/mol. The zero-order valence-electron chi connectivity index (χ0n) is 10.3. The highest BCUT2D eigenvalue weighted by molar-refractivity contribution is 5.64. The van der Waals surface area contributed by atoms with E-state index in [1.54, 1.807) is 4.68 Å². The number of benzene rings is 1. The van der Waals surface area contributed by atoms with E-state index in [0.717, 1.165) is 36.2 Å². The Morgan fingerprint density at radius 3 is 2.59 bits per heavy atom. The van der Waals surface area contributed by atoms with Crippen molar-refractivity contribution in [2.75, 3.05) is 0 Å². The van der Waals surface area contributed by atoms with E-state index in [4.69, 9.17) is 0 Å². The van der Waals surface area contributed by atoms with Gasteiger partial charge in [-0.05, 0) is 13.3 Å². The van der Waals surface area contributed by atoms with Crippen molar-refractivity contribution in [2.24, 2.45) is 0 Å². The molecule has 1 heterocycles. The van der Waals surface area contributed by atoms with E-state index in [9.17, 15) is 5.11 Å². The Labute approximate surface area is 102 Å². The largest absolute Gasteiger partial charge is 0.493 e. The molecule has 2 aromatic rings. The number of unbranched alkanes of at least 4 members (excludes halogenated alkanes) is 1. The fourth-order valence-corrected chi connectivity index (χ4v) is 1.88. The van der Waals surface area contributed by atoms with Crippen LogP contribution in [0.1, 0.15) is 25.3 Å². The van der Waals surface area contributed by atoms with Crippen LogP contribution in [-0.4, -0.2) is 14.9 Å². The molecule has 3 heteroatoms. The van der Waals surface area contributed by atoms with Crippen LogP contribution in [0.4, 0.5) is 0 Å². The van der Waals surface area contributed by atoms with Gasteiger partial charge in [-0.1, -0.05) is 43.7 Å². The van der Waals surface area contributed by atoms with Gasteiger partial charge in [0.1, 0.15) is 0 Å². The molecule has 0 saturated carbocycles. The average Bonchev–Trinajstić information content (AvgIpc) is 2.65. The fraction of sp³-hybridized carbons (Fsp3) is 0.357. The molecule has 3 nitrogen and oxygen atoms in total. The van der Waals surface area contributed by atoms with E-state index < -0.39 is 0 Å². The molecule has 17 heavy (non-hydrogen) atoms. The van der Waals surface area contributed by atoms with Gasteiger partial charge in [-0.25, -0.2) is 4.68 Å². The van der Waals surface area contributed by atoms with Crippen LogP contribution in [0.5, 0.6) is 5.88 Å². The van der Waals surface area contributed by atoms with E-state index in [1.165, 1.54) is 0 Å². The summed E-state index contributed by atoms with van der Waals surface area (Å²) in [6.45, 7) is 4.81.